The van der Waals surface area contributed by atoms with E-state index < -0.39 is 10.0 Å². The lowest BCUT2D eigenvalue weighted by molar-refractivity contribution is 0.0730. The average Bonchev–Trinajstić information content (AvgIpc) is 3.17. The predicted octanol–water partition coefficient (Wildman–Crippen LogP) is 1.56. The first kappa shape index (κ1) is 19.6. The third kappa shape index (κ3) is 4.31. The Labute approximate surface area is 168 Å². The summed E-state index contributed by atoms with van der Waals surface area (Å²) >= 11 is 0. The van der Waals surface area contributed by atoms with E-state index in [4.69, 9.17) is 4.74 Å². The fraction of sp³-hybridized carbons (Fsp3) is 0.300. The van der Waals surface area contributed by atoms with Crippen LogP contribution in [0.1, 0.15) is 16.2 Å². The quantitative estimate of drug-likeness (QED) is 0.637. The molecule has 1 aromatic heterocycles. The fourth-order valence-corrected chi connectivity index (χ4v) is 4.64. The van der Waals surface area contributed by atoms with E-state index >= 15 is 0 Å². The molecule has 1 aliphatic rings. The summed E-state index contributed by atoms with van der Waals surface area (Å²) in [5.41, 5.74) is 2.27. The van der Waals surface area contributed by atoms with Crippen molar-refractivity contribution in [2.75, 3.05) is 32.8 Å². The van der Waals surface area contributed by atoms with Gasteiger partial charge in [-0.15, -0.1) is 0 Å². The van der Waals surface area contributed by atoms with Gasteiger partial charge in [-0.25, -0.2) is 13.4 Å². The molecule has 0 aliphatic carbocycles. The standard InChI is InChI=1S/C20H22N4O4S/c25-20(21-10-9-19-22-17-3-1-2-4-18(17)23-19)15-5-7-16(8-6-15)29(26,27)24-11-13-28-14-12-24/h1-8H,9-14H2,(H,21,25)(H,22,23). The van der Waals surface area contributed by atoms with Gasteiger partial charge >= 0.3 is 0 Å². The molecule has 4 rings (SSSR count). The van der Waals surface area contributed by atoms with Crippen LogP contribution in [0.3, 0.4) is 0 Å². The highest BCUT2D eigenvalue weighted by molar-refractivity contribution is 7.89. The molecule has 0 radical (unpaired) electrons. The molecule has 0 atom stereocenters. The van der Waals surface area contributed by atoms with Gasteiger partial charge in [0.05, 0.1) is 29.1 Å². The number of imidazole rings is 1. The normalized spacial score (nSPS) is 15.4. The summed E-state index contributed by atoms with van der Waals surface area (Å²) in [5.74, 6) is 0.551. The molecule has 0 bridgehead atoms. The number of nitrogens with zero attached hydrogens (tertiary/aromatic N) is 2. The molecular formula is C20H22N4O4S. The summed E-state index contributed by atoms with van der Waals surface area (Å²) in [6, 6.07) is 13.8. The van der Waals surface area contributed by atoms with Gasteiger partial charge in [0.25, 0.3) is 5.91 Å². The molecule has 2 heterocycles. The Morgan fingerprint density at radius 2 is 1.83 bits per heavy atom. The van der Waals surface area contributed by atoms with E-state index in [-0.39, 0.29) is 10.8 Å². The highest BCUT2D eigenvalue weighted by atomic mass is 32.2. The zero-order valence-corrected chi connectivity index (χ0v) is 16.6. The van der Waals surface area contributed by atoms with Gasteiger partial charge in [-0.2, -0.15) is 4.31 Å². The number of amides is 1. The van der Waals surface area contributed by atoms with E-state index in [1.165, 1.54) is 28.6 Å². The largest absolute Gasteiger partial charge is 0.379 e. The van der Waals surface area contributed by atoms with Crippen molar-refractivity contribution in [2.45, 2.75) is 11.3 Å². The van der Waals surface area contributed by atoms with Gasteiger partial charge in [0.1, 0.15) is 5.82 Å². The third-order valence-electron chi connectivity index (χ3n) is 4.81. The van der Waals surface area contributed by atoms with Crippen LogP contribution in [-0.4, -0.2) is 61.4 Å². The van der Waals surface area contributed by atoms with Crippen molar-refractivity contribution in [1.82, 2.24) is 19.6 Å². The lowest BCUT2D eigenvalue weighted by Gasteiger charge is -2.26. The lowest BCUT2D eigenvalue weighted by Crippen LogP contribution is -2.40. The molecule has 0 saturated carbocycles. The van der Waals surface area contributed by atoms with Crippen molar-refractivity contribution in [2.24, 2.45) is 0 Å². The van der Waals surface area contributed by atoms with E-state index in [1.807, 2.05) is 24.3 Å². The monoisotopic (exact) mass is 414 g/mol. The van der Waals surface area contributed by atoms with Crippen LogP contribution in [-0.2, 0) is 21.2 Å². The molecule has 1 amide bonds. The fourth-order valence-electron chi connectivity index (χ4n) is 3.23. The Morgan fingerprint density at radius 3 is 2.55 bits per heavy atom. The van der Waals surface area contributed by atoms with Gasteiger partial charge in [0, 0.05) is 31.6 Å². The molecule has 3 aromatic rings. The van der Waals surface area contributed by atoms with E-state index in [9.17, 15) is 13.2 Å². The van der Waals surface area contributed by atoms with Crippen LogP contribution >= 0.6 is 0 Å². The van der Waals surface area contributed by atoms with Gasteiger partial charge in [0.2, 0.25) is 10.0 Å². The highest BCUT2D eigenvalue weighted by Gasteiger charge is 2.26. The number of hydrogen-bond donors (Lipinski definition) is 2. The predicted molar refractivity (Wildman–Crippen MR) is 108 cm³/mol. The molecule has 1 fully saturated rings. The molecule has 1 saturated heterocycles. The highest BCUT2D eigenvalue weighted by Crippen LogP contribution is 2.17. The Balaban J connectivity index is 1.35. The summed E-state index contributed by atoms with van der Waals surface area (Å²) in [5, 5.41) is 2.84. The van der Waals surface area contributed by atoms with E-state index in [1.54, 1.807) is 0 Å². The Bertz CT molecular complexity index is 1070. The molecule has 8 nitrogen and oxygen atoms in total. The second-order valence-corrected chi connectivity index (χ2v) is 8.69. The third-order valence-corrected chi connectivity index (χ3v) is 6.72. The van der Waals surface area contributed by atoms with Crippen LogP contribution in [0.25, 0.3) is 11.0 Å². The summed E-state index contributed by atoms with van der Waals surface area (Å²) in [6.07, 6.45) is 0.573. The number of nitrogens with one attached hydrogen (secondary N) is 2. The first-order valence-electron chi connectivity index (χ1n) is 9.44. The van der Waals surface area contributed by atoms with E-state index in [0.717, 1.165) is 16.9 Å². The van der Waals surface area contributed by atoms with E-state index in [2.05, 4.69) is 15.3 Å². The Kier molecular flexibility index (Phi) is 5.61. The second kappa shape index (κ2) is 8.32. The Morgan fingerprint density at radius 1 is 1.10 bits per heavy atom. The van der Waals surface area contributed by atoms with Crippen molar-refractivity contribution >= 4 is 27.0 Å². The van der Waals surface area contributed by atoms with Gasteiger partial charge in [-0.05, 0) is 36.4 Å². The molecule has 2 N–H and O–H groups in total. The van der Waals surface area contributed by atoms with E-state index in [0.29, 0.717) is 44.8 Å². The number of benzene rings is 2. The van der Waals surface area contributed by atoms with Crippen LogP contribution in [0.15, 0.2) is 53.4 Å². The van der Waals surface area contributed by atoms with Crippen molar-refractivity contribution in [1.29, 1.82) is 0 Å². The molecule has 0 unspecified atom stereocenters. The number of ether oxygens (including phenoxy) is 1. The topological polar surface area (TPSA) is 104 Å². The first-order valence-corrected chi connectivity index (χ1v) is 10.9. The summed E-state index contributed by atoms with van der Waals surface area (Å²) < 4.78 is 31.9. The summed E-state index contributed by atoms with van der Waals surface area (Å²) in [7, 11) is -3.56. The second-order valence-electron chi connectivity index (χ2n) is 6.75. The van der Waals surface area contributed by atoms with Crippen LogP contribution in [0.5, 0.6) is 0 Å². The number of fused-ring (bicyclic) bond motifs is 1. The minimum absolute atomic E-state index is 0.179. The molecule has 9 heteroatoms. The van der Waals surface area contributed by atoms with Crippen molar-refractivity contribution in [3.63, 3.8) is 0 Å². The molecular weight excluding hydrogens is 392 g/mol. The number of sulfonamides is 1. The van der Waals surface area contributed by atoms with Crippen LogP contribution in [0.4, 0.5) is 0 Å². The minimum Gasteiger partial charge on any atom is -0.379 e. The number of carbonyl (C=O) groups is 1. The number of rotatable bonds is 6. The van der Waals surface area contributed by atoms with Crippen molar-refractivity contribution in [3.8, 4) is 0 Å². The smallest absolute Gasteiger partial charge is 0.251 e. The van der Waals surface area contributed by atoms with Gasteiger partial charge < -0.3 is 15.0 Å². The zero-order chi connectivity index (χ0) is 20.3. The molecule has 0 spiro atoms. The number of H-pyrrole nitrogens is 1. The number of aromatic nitrogens is 2. The number of aromatic amines is 1. The zero-order valence-electron chi connectivity index (χ0n) is 15.8. The maximum Gasteiger partial charge on any atom is 0.251 e. The Hall–Kier alpha value is -2.75. The van der Waals surface area contributed by atoms with Gasteiger partial charge in [-0.3, -0.25) is 4.79 Å². The number of carbonyl (C=O) groups excluding carboxylic acids is 1. The van der Waals surface area contributed by atoms with Crippen LogP contribution < -0.4 is 5.32 Å². The van der Waals surface area contributed by atoms with Crippen molar-refractivity contribution in [3.05, 3.63) is 59.9 Å². The number of morpholine rings is 1. The summed E-state index contributed by atoms with van der Waals surface area (Å²) in [6.45, 7) is 1.89. The summed E-state index contributed by atoms with van der Waals surface area (Å²) in [4.78, 5) is 20.2. The van der Waals surface area contributed by atoms with Crippen molar-refractivity contribution < 1.29 is 17.9 Å². The minimum atomic E-state index is -3.56. The molecule has 152 valence electrons. The molecule has 2 aromatic carbocycles. The average molecular weight is 414 g/mol. The molecule has 29 heavy (non-hydrogen) atoms. The maximum absolute atomic E-state index is 12.6. The SMILES string of the molecule is O=C(NCCc1nc2ccccc2[nH]1)c1ccc(S(=O)(=O)N2CCOCC2)cc1. The van der Waals surface area contributed by atoms with Crippen LogP contribution in [0, 0.1) is 0 Å². The number of hydrogen-bond acceptors (Lipinski definition) is 5. The number of para-hydroxylation sites is 2. The lowest BCUT2D eigenvalue weighted by atomic mass is 10.2. The first-order chi connectivity index (χ1) is 14.0. The van der Waals surface area contributed by atoms with Gasteiger partial charge in [0.15, 0.2) is 0 Å². The maximum atomic E-state index is 12.6. The van der Waals surface area contributed by atoms with Gasteiger partial charge in [-0.1, -0.05) is 12.1 Å². The molecule has 1 aliphatic heterocycles. The van der Waals surface area contributed by atoms with Crippen LogP contribution in [0.2, 0.25) is 0 Å².